The average Bonchev–Trinajstić information content (AvgIpc) is 2.95. The molecule has 2 fully saturated rings. The van der Waals surface area contributed by atoms with E-state index in [1.54, 1.807) is 0 Å². The monoisotopic (exact) mass is 254 g/mol. The average molecular weight is 254 g/mol. The van der Waals surface area contributed by atoms with Gasteiger partial charge in [-0.1, -0.05) is 0 Å². The fourth-order valence-corrected chi connectivity index (χ4v) is 3.14. The lowest BCUT2D eigenvalue weighted by molar-refractivity contribution is -0.123. The number of hydrogen-bond donors (Lipinski definition) is 2. The molecule has 0 aromatic heterocycles. The Bertz CT molecular complexity index is 303. The fraction of sp³-hybridized carbons (Fsp3) is 0.923. The lowest BCUT2D eigenvalue weighted by atomic mass is 9.98. The summed E-state index contributed by atoms with van der Waals surface area (Å²) in [6, 6.07) is 0.408. The first-order valence-electron chi connectivity index (χ1n) is 7.03. The molecule has 1 aliphatic carbocycles. The molecule has 18 heavy (non-hydrogen) atoms. The van der Waals surface area contributed by atoms with Crippen LogP contribution in [0.2, 0.25) is 0 Å². The van der Waals surface area contributed by atoms with Crippen LogP contribution in [0.15, 0.2) is 0 Å². The van der Waals surface area contributed by atoms with Crippen LogP contribution in [0.5, 0.6) is 0 Å². The maximum absolute atomic E-state index is 11.3. The van der Waals surface area contributed by atoms with Crippen LogP contribution >= 0.6 is 0 Å². The molecule has 0 aromatic carbocycles. The summed E-state index contributed by atoms with van der Waals surface area (Å²) in [5.74, 6) is -0.349. The predicted octanol–water partition coefficient (Wildman–Crippen LogP) is -0.251. The van der Waals surface area contributed by atoms with Crippen molar-refractivity contribution in [3.05, 3.63) is 0 Å². The zero-order valence-electron chi connectivity index (χ0n) is 11.4. The number of nitrogens with zero attached hydrogens (tertiary/aromatic N) is 2. The number of likely N-dealkylation sites (tertiary alicyclic amines) is 1. The van der Waals surface area contributed by atoms with Crippen molar-refractivity contribution in [3.63, 3.8) is 0 Å². The van der Waals surface area contributed by atoms with Crippen molar-refractivity contribution in [3.8, 4) is 0 Å². The summed E-state index contributed by atoms with van der Waals surface area (Å²) >= 11 is 0. The Morgan fingerprint density at radius 2 is 2.11 bits per heavy atom. The van der Waals surface area contributed by atoms with E-state index in [1.807, 2.05) is 0 Å². The van der Waals surface area contributed by atoms with Gasteiger partial charge in [0.25, 0.3) is 0 Å². The molecule has 1 saturated heterocycles. The van der Waals surface area contributed by atoms with Gasteiger partial charge in [-0.3, -0.25) is 4.79 Å². The SMILES string of the molecule is CN(CCN1CCCC1)C1CCC(N)(C(N)=O)C1. The summed E-state index contributed by atoms with van der Waals surface area (Å²) in [7, 11) is 2.13. The summed E-state index contributed by atoms with van der Waals surface area (Å²) in [6.45, 7) is 4.65. The molecule has 2 aliphatic rings. The maximum atomic E-state index is 11.3. The number of hydrogen-bond acceptors (Lipinski definition) is 4. The largest absolute Gasteiger partial charge is 0.368 e. The third-order valence-electron chi connectivity index (χ3n) is 4.61. The van der Waals surface area contributed by atoms with Crippen LogP contribution in [-0.2, 0) is 4.79 Å². The molecule has 4 N–H and O–H groups in total. The topological polar surface area (TPSA) is 75.6 Å². The van der Waals surface area contributed by atoms with Crippen molar-refractivity contribution in [1.82, 2.24) is 9.80 Å². The van der Waals surface area contributed by atoms with Crippen molar-refractivity contribution in [2.24, 2.45) is 11.5 Å². The highest BCUT2D eigenvalue weighted by molar-refractivity contribution is 5.84. The van der Waals surface area contributed by atoms with E-state index in [2.05, 4.69) is 16.8 Å². The number of primary amides is 1. The number of carbonyl (C=O) groups is 1. The Kier molecular flexibility index (Phi) is 4.25. The van der Waals surface area contributed by atoms with Gasteiger partial charge in [0.1, 0.15) is 0 Å². The summed E-state index contributed by atoms with van der Waals surface area (Å²) in [5, 5.41) is 0. The van der Waals surface area contributed by atoms with Gasteiger partial charge >= 0.3 is 0 Å². The Morgan fingerprint density at radius 1 is 1.44 bits per heavy atom. The number of amides is 1. The Balaban J connectivity index is 1.76. The molecule has 2 atom stereocenters. The van der Waals surface area contributed by atoms with Gasteiger partial charge in [-0.2, -0.15) is 0 Å². The van der Waals surface area contributed by atoms with Gasteiger partial charge in [0.05, 0.1) is 5.54 Å². The van der Waals surface area contributed by atoms with E-state index in [0.29, 0.717) is 12.5 Å². The van der Waals surface area contributed by atoms with Crippen molar-refractivity contribution in [1.29, 1.82) is 0 Å². The van der Waals surface area contributed by atoms with Crippen LogP contribution in [-0.4, -0.2) is 60.5 Å². The quantitative estimate of drug-likeness (QED) is 0.709. The van der Waals surface area contributed by atoms with E-state index in [4.69, 9.17) is 11.5 Å². The normalized spacial score (nSPS) is 33.4. The van der Waals surface area contributed by atoms with Crippen LogP contribution < -0.4 is 11.5 Å². The van der Waals surface area contributed by atoms with Crippen molar-refractivity contribution in [2.75, 3.05) is 33.2 Å². The van der Waals surface area contributed by atoms with Gasteiger partial charge in [0, 0.05) is 19.1 Å². The summed E-state index contributed by atoms with van der Waals surface area (Å²) < 4.78 is 0. The first kappa shape index (κ1) is 13.8. The molecule has 1 heterocycles. The molecule has 104 valence electrons. The predicted molar refractivity (Wildman–Crippen MR) is 72.1 cm³/mol. The number of likely N-dealkylation sites (N-methyl/N-ethyl adjacent to an activating group) is 1. The van der Waals surface area contributed by atoms with Gasteiger partial charge < -0.3 is 21.3 Å². The highest BCUT2D eigenvalue weighted by atomic mass is 16.1. The molecule has 5 nitrogen and oxygen atoms in total. The molecule has 2 rings (SSSR count). The second kappa shape index (κ2) is 5.55. The van der Waals surface area contributed by atoms with Gasteiger partial charge in [-0.05, 0) is 52.2 Å². The van der Waals surface area contributed by atoms with Crippen LogP contribution in [0.25, 0.3) is 0 Å². The molecule has 0 aromatic rings. The molecule has 0 spiro atoms. The second-order valence-corrected chi connectivity index (χ2v) is 5.95. The lowest BCUT2D eigenvalue weighted by Gasteiger charge is -2.28. The van der Waals surface area contributed by atoms with E-state index in [9.17, 15) is 4.79 Å². The zero-order valence-corrected chi connectivity index (χ0v) is 11.4. The van der Waals surface area contributed by atoms with Crippen LogP contribution in [0.4, 0.5) is 0 Å². The number of rotatable bonds is 5. The lowest BCUT2D eigenvalue weighted by Crippen LogP contribution is -2.51. The van der Waals surface area contributed by atoms with Gasteiger partial charge in [-0.25, -0.2) is 0 Å². The van der Waals surface area contributed by atoms with Gasteiger partial charge in [-0.15, -0.1) is 0 Å². The van der Waals surface area contributed by atoms with Crippen LogP contribution in [0.3, 0.4) is 0 Å². The highest BCUT2D eigenvalue weighted by Gasteiger charge is 2.41. The first-order valence-corrected chi connectivity index (χ1v) is 7.03. The molecule has 0 bridgehead atoms. The zero-order chi connectivity index (χ0) is 13.2. The minimum atomic E-state index is -0.771. The van der Waals surface area contributed by atoms with E-state index in [1.165, 1.54) is 25.9 Å². The van der Waals surface area contributed by atoms with Crippen LogP contribution in [0.1, 0.15) is 32.1 Å². The van der Waals surface area contributed by atoms with Crippen molar-refractivity contribution >= 4 is 5.91 Å². The minimum Gasteiger partial charge on any atom is -0.368 e. The van der Waals surface area contributed by atoms with Crippen molar-refractivity contribution in [2.45, 2.75) is 43.7 Å². The van der Waals surface area contributed by atoms with E-state index >= 15 is 0 Å². The summed E-state index contributed by atoms with van der Waals surface area (Å²) in [4.78, 5) is 16.2. The smallest absolute Gasteiger partial charge is 0.237 e. The number of carbonyl (C=O) groups excluding carboxylic acids is 1. The fourth-order valence-electron chi connectivity index (χ4n) is 3.14. The van der Waals surface area contributed by atoms with E-state index in [0.717, 1.165) is 25.9 Å². The molecule has 1 aliphatic heterocycles. The Morgan fingerprint density at radius 3 is 2.67 bits per heavy atom. The molecule has 0 radical (unpaired) electrons. The minimum absolute atomic E-state index is 0.349. The Hall–Kier alpha value is -0.650. The number of nitrogens with two attached hydrogens (primary N) is 2. The summed E-state index contributed by atoms with van der Waals surface area (Å²) in [5.41, 5.74) is 10.6. The third-order valence-corrected chi connectivity index (χ3v) is 4.61. The van der Waals surface area contributed by atoms with E-state index < -0.39 is 5.54 Å². The standard InChI is InChI=1S/C13H26N4O/c1-16(8-9-17-6-2-3-7-17)11-4-5-13(15,10-11)12(14)18/h11H,2-10,15H2,1H3,(H2,14,18). The van der Waals surface area contributed by atoms with E-state index in [-0.39, 0.29) is 5.91 Å². The molecule has 1 amide bonds. The second-order valence-electron chi connectivity index (χ2n) is 5.95. The molecule has 5 heteroatoms. The molecular formula is C13H26N4O. The third kappa shape index (κ3) is 3.02. The molecular weight excluding hydrogens is 228 g/mol. The first-order chi connectivity index (χ1) is 8.51. The molecule has 2 unspecified atom stereocenters. The van der Waals surface area contributed by atoms with Gasteiger partial charge in [0.15, 0.2) is 0 Å². The highest BCUT2D eigenvalue weighted by Crippen LogP contribution is 2.30. The van der Waals surface area contributed by atoms with Gasteiger partial charge in [0.2, 0.25) is 5.91 Å². The summed E-state index contributed by atoms with van der Waals surface area (Å²) in [6.07, 6.45) is 5.08. The maximum Gasteiger partial charge on any atom is 0.237 e. The van der Waals surface area contributed by atoms with Crippen LogP contribution in [0, 0.1) is 0 Å². The Labute approximate surface area is 109 Å². The molecule has 1 saturated carbocycles. The van der Waals surface area contributed by atoms with Crippen molar-refractivity contribution < 1.29 is 4.79 Å².